The number of aromatic amines is 1. The molecule has 1 aliphatic rings. The normalized spacial score (nSPS) is 22.4. The van der Waals surface area contributed by atoms with Crippen LogP contribution in [-0.2, 0) is 9.16 Å². The van der Waals surface area contributed by atoms with Gasteiger partial charge in [-0.05, 0) is 31.0 Å². The summed E-state index contributed by atoms with van der Waals surface area (Å²) in [6, 6.07) is 0. The molecule has 1 saturated heterocycles. The Labute approximate surface area is 142 Å². The molecule has 2 aromatic heterocycles. The molecule has 0 bridgehead atoms. The van der Waals surface area contributed by atoms with Gasteiger partial charge in [0.2, 0.25) is 0 Å². The maximum atomic E-state index is 11.8. The molecule has 2 atom stereocenters. The van der Waals surface area contributed by atoms with Crippen molar-refractivity contribution in [2.75, 3.05) is 6.61 Å². The molecule has 1 N–H and O–H groups in total. The number of rotatable bonds is 4. The van der Waals surface area contributed by atoms with Crippen molar-refractivity contribution < 1.29 is 9.16 Å². The average Bonchev–Trinajstić information content (AvgIpc) is 3.10. The fourth-order valence-corrected chi connectivity index (χ4v) is 3.64. The molecule has 24 heavy (non-hydrogen) atoms. The average molecular weight is 350 g/mol. The van der Waals surface area contributed by atoms with Crippen molar-refractivity contribution in [3.63, 3.8) is 0 Å². The molecule has 2 aromatic rings. The summed E-state index contributed by atoms with van der Waals surface area (Å²) < 4.78 is 14.2. The Morgan fingerprint density at radius 2 is 2.12 bits per heavy atom. The van der Waals surface area contributed by atoms with Crippen LogP contribution in [0.5, 0.6) is 0 Å². The van der Waals surface area contributed by atoms with Gasteiger partial charge in [-0.3, -0.25) is 9.36 Å². The van der Waals surface area contributed by atoms with Gasteiger partial charge < -0.3 is 14.1 Å². The van der Waals surface area contributed by atoms with Gasteiger partial charge in [0.15, 0.2) is 19.5 Å². The first-order chi connectivity index (χ1) is 11.2. The van der Waals surface area contributed by atoms with Crippen molar-refractivity contribution in [1.82, 2.24) is 19.5 Å². The third-order valence-electron chi connectivity index (χ3n) is 5.20. The third kappa shape index (κ3) is 3.18. The van der Waals surface area contributed by atoms with E-state index >= 15 is 0 Å². The fourth-order valence-electron chi connectivity index (χ4n) is 2.61. The smallest absolute Gasteiger partial charge is 0.278 e. The summed E-state index contributed by atoms with van der Waals surface area (Å²) in [6.45, 7) is 11.8. The zero-order valence-corrected chi connectivity index (χ0v) is 16.0. The largest absolute Gasteiger partial charge is 0.414 e. The second-order valence-electron chi connectivity index (χ2n) is 7.92. The van der Waals surface area contributed by atoms with Crippen LogP contribution in [0.15, 0.2) is 17.4 Å². The number of aromatic nitrogens is 4. The highest BCUT2D eigenvalue weighted by molar-refractivity contribution is 6.74. The third-order valence-corrected chi connectivity index (χ3v) is 9.70. The van der Waals surface area contributed by atoms with Gasteiger partial charge in [-0.25, -0.2) is 9.97 Å². The Balaban J connectivity index is 1.67. The molecule has 0 aromatic carbocycles. The van der Waals surface area contributed by atoms with E-state index in [1.165, 1.54) is 6.33 Å². The molecular weight excluding hydrogens is 324 g/mol. The van der Waals surface area contributed by atoms with E-state index in [4.69, 9.17) is 9.16 Å². The van der Waals surface area contributed by atoms with Crippen LogP contribution in [0, 0.1) is 0 Å². The SMILES string of the molecule is CC(C)(C)[Si](C)(C)OC[C@H]1CC[C@@H](n2cnc3c(=O)[nH]cnc32)O1. The Morgan fingerprint density at radius 1 is 1.38 bits per heavy atom. The highest BCUT2D eigenvalue weighted by Gasteiger charge is 2.38. The molecule has 0 unspecified atom stereocenters. The first-order valence-electron chi connectivity index (χ1n) is 8.39. The summed E-state index contributed by atoms with van der Waals surface area (Å²) in [4.78, 5) is 22.7. The number of ether oxygens (including phenoxy) is 1. The van der Waals surface area contributed by atoms with E-state index in [1.807, 2.05) is 4.57 Å². The molecule has 0 amide bonds. The molecule has 0 aliphatic carbocycles. The van der Waals surface area contributed by atoms with Gasteiger partial charge in [-0.2, -0.15) is 0 Å². The minimum Gasteiger partial charge on any atom is -0.414 e. The number of imidazole rings is 1. The van der Waals surface area contributed by atoms with Gasteiger partial charge in [0, 0.05) is 0 Å². The van der Waals surface area contributed by atoms with Crippen LogP contribution < -0.4 is 5.56 Å². The monoisotopic (exact) mass is 350 g/mol. The number of fused-ring (bicyclic) bond motifs is 1. The summed E-state index contributed by atoms with van der Waals surface area (Å²) in [5, 5.41) is 0.191. The second-order valence-corrected chi connectivity index (χ2v) is 12.7. The van der Waals surface area contributed by atoms with Gasteiger partial charge in [0.25, 0.3) is 5.56 Å². The standard InChI is InChI=1S/C16H26N4O3Si/c1-16(2,3)24(4,5)22-8-11-6-7-12(23-11)20-10-19-13-14(20)17-9-18-15(13)21/h9-12H,6-8H2,1-5H3,(H,17,18,21)/t11-,12+/m1/s1. The Bertz CT molecular complexity index is 777. The van der Waals surface area contributed by atoms with E-state index in [-0.39, 0.29) is 22.9 Å². The molecule has 132 valence electrons. The Morgan fingerprint density at radius 3 is 2.83 bits per heavy atom. The van der Waals surface area contributed by atoms with Gasteiger partial charge in [-0.15, -0.1) is 0 Å². The minimum absolute atomic E-state index is 0.0728. The maximum absolute atomic E-state index is 11.8. The quantitative estimate of drug-likeness (QED) is 0.858. The summed E-state index contributed by atoms with van der Waals surface area (Å²) in [7, 11) is -1.77. The fraction of sp³-hybridized carbons (Fsp3) is 0.688. The van der Waals surface area contributed by atoms with E-state index in [0.717, 1.165) is 12.8 Å². The topological polar surface area (TPSA) is 82.0 Å². The molecule has 0 saturated carbocycles. The molecule has 7 nitrogen and oxygen atoms in total. The van der Waals surface area contributed by atoms with Gasteiger partial charge >= 0.3 is 0 Å². The van der Waals surface area contributed by atoms with Gasteiger partial charge in [-0.1, -0.05) is 20.8 Å². The van der Waals surface area contributed by atoms with E-state index in [0.29, 0.717) is 17.8 Å². The van der Waals surface area contributed by atoms with Crippen molar-refractivity contribution in [1.29, 1.82) is 0 Å². The molecule has 0 spiro atoms. The number of hydrogen-bond acceptors (Lipinski definition) is 5. The lowest BCUT2D eigenvalue weighted by molar-refractivity contribution is -0.0182. The highest BCUT2D eigenvalue weighted by Crippen LogP contribution is 2.37. The zero-order valence-electron chi connectivity index (χ0n) is 15.0. The summed E-state index contributed by atoms with van der Waals surface area (Å²) >= 11 is 0. The Hall–Kier alpha value is -1.51. The molecule has 0 radical (unpaired) electrons. The van der Waals surface area contributed by atoms with Crippen molar-refractivity contribution in [2.24, 2.45) is 0 Å². The van der Waals surface area contributed by atoms with Crippen molar-refractivity contribution >= 4 is 19.5 Å². The maximum Gasteiger partial charge on any atom is 0.278 e. The van der Waals surface area contributed by atoms with Crippen LogP contribution >= 0.6 is 0 Å². The van der Waals surface area contributed by atoms with E-state index in [2.05, 4.69) is 48.8 Å². The molecule has 3 heterocycles. The summed E-state index contributed by atoms with van der Waals surface area (Å²) in [5.41, 5.74) is 0.686. The predicted molar refractivity (Wildman–Crippen MR) is 94.4 cm³/mol. The van der Waals surface area contributed by atoms with Gasteiger partial charge in [0.05, 0.1) is 25.4 Å². The first-order valence-corrected chi connectivity index (χ1v) is 11.3. The van der Waals surface area contributed by atoms with Crippen LogP contribution in [0.1, 0.15) is 39.8 Å². The van der Waals surface area contributed by atoms with Gasteiger partial charge in [0.1, 0.15) is 6.23 Å². The lowest BCUT2D eigenvalue weighted by Gasteiger charge is -2.36. The lowest BCUT2D eigenvalue weighted by Crippen LogP contribution is -2.42. The number of nitrogens with zero attached hydrogens (tertiary/aromatic N) is 3. The first kappa shape index (κ1) is 17.3. The lowest BCUT2D eigenvalue weighted by atomic mass is 10.2. The predicted octanol–water partition coefficient (Wildman–Crippen LogP) is 2.82. The summed E-state index contributed by atoms with van der Waals surface area (Å²) in [6.07, 6.45) is 4.76. The van der Waals surface area contributed by atoms with Crippen LogP contribution in [0.4, 0.5) is 0 Å². The van der Waals surface area contributed by atoms with E-state index < -0.39 is 8.32 Å². The Kier molecular flexibility index (Phi) is 4.39. The van der Waals surface area contributed by atoms with Crippen LogP contribution in [-0.4, -0.2) is 40.5 Å². The van der Waals surface area contributed by atoms with Crippen molar-refractivity contribution in [3.05, 3.63) is 23.0 Å². The molecule has 8 heteroatoms. The van der Waals surface area contributed by atoms with Crippen LogP contribution in [0.25, 0.3) is 11.2 Å². The molecule has 3 rings (SSSR count). The second kappa shape index (κ2) is 6.09. The van der Waals surface area contributed by atoms with Crippen LogP contribution in [0.2, 0.25) is 18.1 Å². The van der Waals surface area contributed by atoms with Crippen LogP contribution in [0.3, 0.4) is 0 Å². The molecule has 1 aliphatic heterocycles. The van der Waals surface area contributed by atoms with Crippen molar-refractivity contribution in [2.45, 2.75) is 64.1 Å². The number of hydrogen-bond donors (Lipinski definition) is 1. The van der Waals surface area contributed by atoms with E-state index in [9.17, 15) is 4.79 Å². The minimum atomic E-state index is -1.77. The zero-order chi connectivity index (χ0) is 17.5. The van der Waals surface area contributed by atoms with Crippen molar-refractivity contribution in [3.8, 4) is 0 Å². The molecule has 1 fully saturated rings. The highest BCUT2D eigenvalue weighted by atomic mass is 28.4. The number of H-pyrrole nitrogens is 1. The molecular formula is C16H26N4O3Si. The summed E-state index contributed by atoms with van der Waals surface area (Å²) in [5.74, 6) is 0. The number of nitrogens with one attached hydrogen (secondary N) is 1. The van der Waals surface area contributed by atoms with E-state index in [1.54, 1.807) is 6.33 Å².